The van der Waals surface area contributed by atoms with Gasteiger partial charge in [0.15, 0.2) is 11.5 Å². The third-order valence-electron chi connectivity index (χ3n) is 3.38. The van der Waals surface area contributed by atoms with Crippen LogP contribution in [-0.4, -0.2) is 47.6 Å². The lowest BCUT2D eigenvalue weighted by molar-refractivity contribution is -0.921. The Labute approximate surface area is 114 Å². The predicted molar refractivity (Wildman–Crippen MR) is 71.3 cm³/mol. The highest BCUT2D eigenvalue weighted by Gasteiger charge is 2.18. The Morgan fingerprint density at radius 2 is 1.58 bits per heavy atom. The number of rotatable bonds is 5. The van der Waals surface area contributed by atoms with E-state index in [0.717, 1.165) is 32.8 Å². The van der Waals surface area contributed by atoms with Gasteiger partial charge in [-0.3, -0.25) is 0 Å². The fraction of sp³-hybridized carbons (Fsp3) is 0.571. The van der Waals surface area contributed by atoms with Gasteiger partial charge in [0.25, 0.3) is 0 Å². The van der Waals surface area contributed by atoms with Crippen LogP contribution in [0.1, 0.15) is 5.56 Å². The molecule has 106 valence electrons. The lowest BCUT2D eigenvalue weighted by Crippen LogP contribution is -3.12. The molecule has 0 spiro atoms. The number of hydrogen-bond donors (Lipinski definition) is 1. The summed E-state index contributed by atoms with van der Waals surface area (Å²) in [4.78, 5) is 1.51. The first-order chi connectivity index (χ1) is 9.28. The van der Waals surface area contributed by atoms with E-state index in [1.807, 2.05) is 12.1 Å². The molecule has 0 atom stereocenters. The number of benzene rings is 1. The van der Waals surface area contributed by atoms with Crippen LogP contribution in [0.3, 0.4) is 0 Å². The highest BCUT2D eigenvalue weighted by atomic mass is 16.5. The third-order valence-corrected chi connectivity index (χ3v) is 3.38. The largest absolute Gasteiger partial charge is 0.493 e. The summed E-state index contributed by atoms with van der Waals surface area (Å²) >= 11 is 0. The molecule has 0 aliphatic carbocycles. The number of morpholine rings is 1. The summed E-state index contributed by atoms with van der Waals surface area (Å²) < 4.78 is 21.4. The molecule has 0 radical (unpaired) electrons. The van der Waals surface area contributed by atoms with Crippen LogP contribution in [0.15, 0.2) is 12.1 Å². The van der Waals surface area contributed by atoms with Crippen LogP contribution < -0.4 is 19.1 Å². The Balaban J connectivity index is 2.20. The zero-order valence-electron chi connectivity index (χ0n) is 11.8. The average molecular weight is 268 g/mol. The van der Waals surface area contributed by atoms with Gasteiger partial charge < -0.3 is 23.8 Å². The third kappa shape index (κ3) is 3.30. The van der Waals surface area contributed by atoms with E-state index in [0.29, 0.717) is 17.2 Å². The summed E-state index contributed by atoms with van der Waals surface area (Å²) in [7, 11) is 4.90. The van der Waals surface area contributed by atoms with Crippen LogP contribution in [0.5, 0.6) is 17.2 Å². The van der Waals surface area contributed by atoms with E-state index in [2.05, 4.69) is 0 Å². The van der Waals surface area contributed by atoms with Crippen LogP contribution in [0.4, 0.5) is 0 Å². The van der Waals surface area contributed by atoms with Gasteiger partial charge in [0.1, 0.15) is 19.6 Å². The number of methoxy groups -OCH3 is 3. The maximum Gasteiger partial charge on any atom is 0.203 e. The molecule has 0 bridgehead atoms. The molecule has 1 N–H and O–H groups in total. The Morgan fingerprint density at radius 1 is 1.00 bits per heavy atom. The second-order valence-corrected chi connectivity index (χ2v) is 4.57. The van der Waals surface area contributed by atoms with Gasteiger partial charge in [0.2, 0.25) is 5.75 Å². The van der Waals surface area contributed by atoms with E-state index in [9.17, 15) is 0 Å². The normalized spacial score (nSPS) is 16.2. The molecular weight excluding hydrogens is 246 g/mol. The van der Waals surface area contributed by atoms with E-state index in [1.165, 1.54) is 10.5 Å². The van der Waals surface area contributed by atoms with Crippen molar-refractivity contribution in [2.75, 3.05) is 47.6 Å². The maximum atomic E-state index is 5.37. The first-order valence-corrected chi connectivity index (χ1v) is 6.48. The van der Waals surface area contributed by atoms with Crippen LogP contribution in [0.2, 0.25) is 0 Å². The minimum atomic E-state index is 0.644. The average Bonchev–Trinajstić information content (AvgIpc) is 2.47. The SMILES string of the molecule is COc1cc(C[NH+]2CCOCC2)cc(OC)c1OC. The Hall–Kier alpha value is -1.46. The highest BCUT2D eigenvalue weighted by molar-refractivity contribution is 5.53. The van der Waals surface area contributed by atoms with Crippen LogP contribution >= 0.6 is 0 Å². The standard InChI is InChI=1S/C14H21NO4/c1-16-12-8-11(9-13(17-2)14(12)18-3)10-15-4-6-19-7-5-15/h8-9H,4-7,10H2,1-3H3/p+1. The van der Waals surface area contributed by atoms with Gasteiger partial charge in [-0.05, 0) is 12.1 Å². The van der Waals surface area contributed by atoms with Crippen molar-refractivity contribution >= 4 is 0 Å². The molecule has 2 rings (SSSR count). The molecule has 0 saturated carbocycles. The van der Waals surface area contributed by atoms with Gasteiger partial charge in [-0.1, -0.05) is 0 Å². The van der Waals surface area contributed by atoms with E-state index < -0.39 is 0 Å². The van der Waals surface area contributed by atoms with Crippen molar-refractivity contribution < 1.29 is 23.8 Å². The van der Waals surface area contributed by atoms with Crippen molar-refractivity contribution in [3.8, 4) is 17.2 Å². The number of ether oxygens (including phenoxy) is 4. The molecule has 5 nitrogen and oxygen atoms in total. The fourth-order valence-electron chi connectivity index (χ4n) is 2.36. The second kappa shape index (κ2) is 6.63. The molecule has 1 saturated heterocycles. The van der Waals surface area contributed by atoms with Crippen molar-refractivity contribution in [1.82, 2.24) is 0 Å². The van der Waals surface area contributed by atoms with Gasteiger partial charge in [-0.15, -0.1) is 0 Å². The van der Waals surface area contributed by atoms with E-state index in [1.54, 1.807) is 21.3 Å². The van der Waals surface area contributed by atoms with Crippen molar-refractivity contribution in [2.24, 2.45) is 0 Å². The van der Waals surface area contributed by atoms with Crippen molar-refractivity contribution in [2.45, 2.75) is 6.54 Å². The minimum Gasteiger partial charge on any atom is -0.493 e. The van der Waals surface area contributed by atoms with Gasteiger partial charge >= 0.3 is 0 Å². The van der Waals surface area contributed by atoms with Crippen LogP contribution in [-0.2, 0) is 11.3 Å². The fourth-order valence-corrected chi connectivity index (χ4v) is 2.36. The molecule has 1 aliphatic heterocycles. The lowest BCUT2D eigenvalue weighted by Gasteiger charge is -2.24. The zero-order valence-corrected chi connectivity index (χ0v) is 11.8. The lowest BCUT2D eigenvalue weighted by atomic mass is 10.1. The number of quaternary nitrogens is 1. The molecule has 0 aromatic heterocycles. The molecule has 1 aromatic rings. The monoisotopic (exact) mass is 268 g/mol. The summed E-state index contributed by atoms with van der Waals surface area (Å²) in [5, 5.41) is 0. The molecule has 1 fully saturated rings. The molecule has 19 heavy (non-hydrogen) atoms. The summed E-state index contributed by atoms with van der Waals surface area (Å²) in [6.45, 7) is 4.69. The predicted octanol–water partition coefficient (Wildman–Crippen LogP) is 0.128. The Kier molecular flexibility index (Phi) is 4.87. The van der Waals surface area contributed by atoms with Crippen LogP contribution in [0.25, 0.3) is 0 Å². The van der Waals surface area contributed by atoms with E-state index in [-0.39, 0.29) is 0 Å². The molecule has 1 heterocycles. The molecule has 0 amide bonds. The van der Waals surface area contributed by atoms with E-state index in [4.69, 9.17) is 18.9 Å². The van der Waals surface area contributed by atoms with Gasteiger partial charge in [0.05, 0.1) is 34.5 Å². The zero-order chi connectivity index (χ0) is 13.7. The highest BCUT2D eigenvalue weighted by Crippen LogP contribution is 2.37. The molecule has 0 unspecified atom stereocenters. The summed E-state index contributed by atoms with van der Waals surface area (Å²) in [5.74, 6) is 2.07. The van der Waals surface area contributed by atoms with Gasteiger partial charge in [-0.25, -0.2) is 0 Å². The molecule has 1 aliphatic rings. The Morgan fingerprint density at radius 3 is 2.05 bits per heavy atom. The maximum absolute atomic E-state index is 5.37. The molecule has 5 heteroatoms. The molecular formula is C14H22NO4+. The second-order valence-electron chi connectivity index (χ2n) is 4.57. The summed E-state index contributed by atoms with van der Waals surface area (Å²) in [5.41, 5.74) is 1.19. The summed E-state index contributed by atoms with van der Waals surface area (Å²) in [6, 6.07) is 4.04. The Bertz CT molecular complexity index is 391. The number of nitrogens with one attached hydrogen (secondary N) is 1. The van der Waals surface area contributed by atoms with Gasteiger partial charge in [-0.2, -0.15) is 0 Å². The quantitative estimate of drug-likeness (QED) is 0.824. The smallest absolute Gasteiger partial charge is 0.203 e. The van der Waals surface area contributed by atoms with E-state index >= 15 is 0 Å². The summed E-state index contributed by atoms with van der Waals surface area (Å²) in [6.07, 6.45) is 0. The van der Waals surface area contributed by atoms with Crippen molar-refractivity contribution in [3.05, 3.63) is 17.7 Å². The van der Waals surface area contributed by atoms with Crippen molar-refractivity contribution in [1.29, 1.82) is 0 Å². The molecule has 1 aromatic carbocycles. The number of hydrogen-bond acceptors (Lipinski definition) is 4. The first-order valence-electron chi connectivity index (χ1n) is 6.48. The van der Waals surface area contributed by atoms with Crippen molar-refractivity contribution in [3.63, 3.8) is 0 Å². The van der Waals surface area contributed by atoms with Gasteiger partial charge in [0, 0.05) is 5.56 Å². The minimum absolute atomic E-state index is 0.644. The first kappa shape index (κ1) is 14.0. The van der Waals surface area contributed by atoms with Crippen LogP contribution in [0, 0.1) is 0 Å². The topological polar surface area (TPSA) is 41.4 Å².